The summed E-state index contributed by atoms with van der Waals surface area (Å²) in [7, 11) is 0. The molecule has 4 N–H and O–H groups in total. The molecule has 0 spiro atoms. The van der Waals surface area contributed by atoms with Crippen LogP contribution in [0.2, 0.25) is 0 Å². The Morgan fingerprint density at radius 2 is 1.80 bits per heavy atom. The van der Waals surface area contributed by atoms with Crippen molar-refractivity contribution in [2.75, 3.05) is 50.0 Å². The summed E-state index contributed by atoms with van der Waals surface area (Å²) in [5.41, 5.74) is 9.34. The van der Waals surface area contributed by atoms with Crippen molar-refractivity contribution in [3.63, 3.8) is 0 Å². The number of unbranched alkanes of at least 4 members (excludes halogenated alkanes) is 1. The molecule has 0 atom stereocenters. The van der Waals surface area contributed by atoms with Gasteiger partial charge in [0.25, 0.3) is 0 Å². The van der Waals surface area contributed by atoms with Crippen LogP contribution in [-0.4, -0.2) is 77.6 Å². The van der Waals surface area contributed by atoms with Gasteiger partial charge in [0.2, 0.25) is 0 Å². The number of anilines is 2. The van der Waals surface area contributed by atoms with Gasteiger partial charge in [-0.15, -0.1) is 0 Å². The molecule has 0 aliphatic carbocycles. The fraction of sp³-hybridized carbons (Fsp3) is 0.656. The highest BCUT2D eigenvalue weighted by molar-refractivity contribution is 5.89. The van der Waals surface area contributed by atoms with Crippen molar-refractivity contribution in [2.45, 2.75) is 92.3 Å². The van der Waals surface area contributed by atoms with E-state index >= 15 is 0 Å². The van der Waals surface area contributed by atoms with E-state index < -0.39 is 11.2 Å². The number of nitrogens with one attached hydrogen (secondary N) is 2. The van der Waals surface area contributed by atoms with Gasteiger partial charge in [0, 0.05) is 67.7 Å². The van der Waals surface area contributed by atoms with Gasteiger partial charge in [0.15, 0.2) is 0 Å². The Morgan fingerprint density at radius 1 is 1.12 bits per heavy atom. The van der Waals surface area contributed by atoms with E-state index in [4.69, 9.17) is 25.6 Å². The van der Waals surface area contributed by atoms with Gasteiger partial charge in [0.1, 0.15) is 11.4 Å². The molecule has 1 fully saturated rings. The molecule has 3 rings (SSSR count). The molecule has 1 aromatic carbocycles. The second-order valence-electron chi connectivity index (χ2n) is 13.7. The number of ether oxygens (including phenoxy) is 2. The number of imidazole rings is 1. The van der Waals surface area contributed by atoms with E-state index in [0.717, 1.165) is 74.8 Å². The first-order valence-electron chi connectivity index (χ1n) is 14.9. The Labute approximate surface area is 246 Å². The molecule has 0 unspecified atom stereocenters. The zero-order valence-electron chi connectivity index (χ0n) is 26.5. The van der Waals surface area contributed by atoms with Crippen molar-refractivity contribution in [3.05, 3.63) is 29.7 Å². The van der Waals surface area contributed by atoms with Gasteiger partial charge in [-0.3, -0.25) is 9.69 Å². The van der Waals surface area contributed by atoms with Crippen LogP contribution in [-0.2, 0) is 20.7 Å². The molecule has 0 saturated carbocycles. The Hall–Kier alpha value is -2.91. The number of benzene rings is 1. The maximum atomic E-state index is 12.3. The van der Waals surface area contributed by atoms with Crippen molar-refractivity contribution in [1.29, 1.82) is 5.41 Å². The number of carbonyl (C=O) groups is 1. The third-order valence-electron chi connectivity index (χ3n) is 7.22. The van der Waals surface area contributed by atoms with Crippen LogP contribution < -0.4 is 10.6 Å². The van der Waals surface area contributed by atoms with Gasteiger partial charge < -0.3 is 30.5 Å². The van der Waals surface area contributed by atoms with E-state index in [1.165, 1.54) is 6.21 Å². The molecule has 0 amide bonds. The smallest absolute Gasteiger partial charge is 0.309 e. The lowest BCUT2D eigenvalue weighted by Crippen LogP contribution is -2.50. The minimum absolute atomic E-state index is 0.0691. The number of hydrogen-bond acceptors (Lipinski definition) is 8. The molecule has 0 bridgehead atoms. The first-order valence-corrected chi connectivity index (χ1v) is 14.9. The largest absolute Gasteiger partial charge is 0.460 e. The predicted molar refractivity (Wildman–Crippen MR) is 168 cm³/mol. The van der Waals surface area contributed by atoms with Crippen LogP contribution >= 0.6 is 0 Å². The number of aromatic nitrogens is 2. The highest BCUT2D eigenvalue weighted by atomic mass is 16.6. The average Bonchev–Trinajstić information content (AvgIpc) is 3.28. The monoisotopic (exact) mass is 568 g/mol. The molecule has 2 aromatic rings. The van der Waals surface area contributed by atoms with Gasteiger partial charge >= 0.3 is 5.97 Å². The third kappa shape index (κ3) is 9.85. The standard InChI is InChI=1S/C32H52N6O3/c1-9-10-11-27-35-26(20-33)29(36-27)24-18-23(12-13-25(24)34)38-16-14-37(15-17-38)21-31(5,6)22-40-32(7,8)19-28(39)41-30(2,3)4/h12-13,18,20,33H,9-11,14-17,19,21-22,34H2,1-8H3,(H,35,36). The lowest BCUT2D eigenvalue weighted by atomic mass is 9.92. The summed E-state index contributed by atoms with van der Waals surface area (Å²) >= 11 is 0. The van der Waals surface area contributed by atoms with Crippen LogP contribution in [0.15, 0.2) is 18.2 Å². The highest BCUT2D eigenvalue weighted by Crippen LogP contribution is 2.32. The number of H-pyrrole nitrogens is 1. The summed E-state index contributed by atoms with van der Waals surface area (Å²) < 4.78 is 11.7. The van der Waals surface area contributed by atoms with Gasteiger partial charge in [0.05, 0.1) is 30.0 Å². The van der Waals surface area contributed by atoms with Crippen molar-refractivity contribution in [1.82, 2.24) is 14.9 Å². The van der Waals surface area contributed by atoms with E-state index in [-0.39, 0.29) is 17.8 Å². The topological polar surface area (TPSA) is 121 Å². The summed E-state index contributed by atoms with van der Waals surface area (Å²) in [5, 5.41) is 7.88. The fourth-order valence-electron chi connectivity index (χ4n) is 5.14. The summed E-state index contributed by atoms with van der Waals surface area (Å²) in [6, 6.07) is 6.14. The van der Waals surface area contributed by atoms with Crippen LogP contribution in [0.25, 0.3) is 11.3 Å². The summed E-state index contributed by atoms with van der Waals surface area (Å²) in [4.78, 5) is 25.3. The lowest BCUT2D eigenvalue weighted by molar-refractivity contribution is -0.162. The molecule has 41 heavy (non-hydrogen) atoms. The van der Waals surface area contributed by atoms with Gasteiger partial charge in [-0.05, 0) is 59.2 Å². The number of carbonyl (C=O) groups excluding carboxylic acids is 1. The number of esters is 1. The number of piperazine rings is 1. The Morgan fingerprint density at radius 3 is 2.41 bits per heavy atom. The second kappa shape index (κ2) is 13.4. The maximum absolute atomic E-state index is 12.3. The molecular formula is C32H52N6O3. The zero-order chi connectivity index (χ0) is 30.4. The Balaban J connectivity index is 1.57. The molecule has 9 heteroatoms. The molecule has 0 radical (unpaired) electrons. The summed E-state index contributed by atoms with van der Waals surface area (Å²) in [6.45, 7) is 21.3. The maximum Gasteiger partial charge on any atom is 0.309 e. The van der Waals surface area contributed by atoms with E-state index in [1.807, 2.05) is 40.7 Å². The summed E-state index contributed by atoms with van der Waals surface area (Å²) in [5.74, 6) is 0.666. The SMILES string of the molecule is CCCCc1nc(-c2cc(N3CCN(CC(C)(C)COC(C)(C)CC(=O)OC(C)(C)C)CC3)ccc2N)c(C=N)[nH]1. The van der Waals surface area contributed by atoms with Crippen molar-refractivity contribution in [3.8, 4) is 11.3 Å². The Bertz CT molecular complexity index is 1170. The summed E-state index contributed by atoms with van der Waals surface area (Å²) in [6.07, 6.45) is 4.56. The number of hydrogen-bond donors (Lipinski definition) is 3. The number of nitrogen functional groups attached to an aromatic ring is 1. The number of aromatic amines is 1. The minimum Gasteiger partial charge on any atom is -0.460 e. The van der Waals surface area contributed by atoms with E-state index in [0.29, 0.717) is 18.0 Å². The minimum atomic E-state index is -0.589. The zero-order valence-corrected chi connectivity index (χ0v) is 26.5. The van der Waals surface area contributed by atoms with E-state index in [2.05, 4.69) is 47.7 Å². The number of nitrogens with zero attached hydrogens (tertiary/aromatic N) is 3. The predicted octanol–water partition coefficient (Wildman–Crippen LogP) is 5.67. The van der Waals surface area contributed by atoms with Crippen LogP contribution in [0.4, 0.5) is 11.4 Å². The first kappa shape index (κ1) is 32.6. The molecule has 2 heterocycles. The van der Waals surface area contributed by atoms with Crippen LogP contribution in [0.3, 0.4) is 0 Å². The number of aryl methyl sites for hydroxylation is 1. The molecule has 1 aliphatic heterocycles. The molecule has 1 saturated heterocycles. The molecule has 228 valence electrons. The van der Waals surface area contributed by atoms with E-state index in [1.54, 1.807) is 0 Å². The quantitative estimate of drug-likeness (QED) is 0.162. The fourth-order valence-corrected chi connectivity index (χ4v) is 5.14. The number of rotatable bonds is 13. The average molecular weight is 569 g/mol. The van der Waals surface area contributed by atoms with Crippen LogP contribution in [0.1, 0.15) is 86.2 Å². The highest BCUT2D eigenvalue weighted by Gasteiger charge is 2.31. The van der Waals surface area contributed by atoms with Crippen molar-refractivity contribution < 1.29 is 14.3 Å². The van der Waals surface area contributed by atoms with Crippen molar-refractivity contribution >= 4 is 23.6 Å². The number of nitrogens with two attached hydrogens (primary N) is 1. The van der Waals surface area contributed by atoms with Crippen LogP contribution in [0, 0.1) is 10.8 Å². The molecule has 1 aromatic heterocycles. The molecule has 9 nitrogen and oxygen atoms in total. The van der Waals surface area contributed by atoms with Gasteiger partial charge in [-0.2, -0.15) is 0 Å². The molecular weight excluding hydrogens is 516 g/mol. The third-order valence-corrected chi connectivity index (χ3v) is 7.22. The van der Waals surface area contributed by atoms with Gasteiger partial charge in [-0.1, -0.05) is 27.2 Å². The normalized spacial score (nSPS) is 15.3. The second-order valence-corrected chi connectivity index (χ2v) is 13.7. The molecule has 1 aliphatic rings. The first-order chi connectivity index (χ1) is 19.1. The van der Waals surface area contributed by atoms with E-state index in [9.17, 15) is 4.79 Å². The van der Waals surface area contributed by atoms with Crippen LogP contribution in [0.5, 0.6) is 0 Å². The Kier molecular flexibility index (Phi) is 10.6. The lowest BCUT2D eigenvalue weighted by Gasteiger charge is -2.40. The van der Waals surface area contributed by atoms with Gasteiger partial charge in [-0.25, -0.2) is 4.98 Å². The van der Waals surface area contributed by atoms with Crippen molar-refractivity contribution in [2.24, 2.45) is 5.41 Å².